The lowest BCUT2D eigenvalue weighted by molar-refractivity contribution is -0.703. The molecule has 0 N–H and O–H groups in total. The Balaban J connectivity index is 2.91. The van der Waals surface area contributed by atoms with Crippen LogP contribution in [0.5, 0.6) is 0 Å². The molecule has 1 aliphatic rings. The number of imidazole rings is 1. The lowest BCUT2D eigenvalue weighted by Crippen LogP contribution is -2.56. The number of aromatic nitrogens is 2. The van der Waals surface area contributed by atoms with Crippen LogP contribution in [0, 0.1) is 11.8 Å². The van der Waals surface area contributed by atoms with Crippen LogP contribution in [0.15, 0.2) is 0 Å². The molecule has 0 fully saturated rings. The van der Waals surface area contributed by atoms with Crippen molar-refractivity contribution in [2.24, 2.45) is 25.9 Å². The molecule has 0 saturated carbocycles. The Morgan fingerprint density at radius 2 is 1.67 bits per heavy atom. The van der Waals surface area contributed by atoms with Gasteiger partial charge in [0.05, 0.1) is 20.0 Å². The molecule has 1 aliphatic carbocycles. The molecule has 0 bridgehead atoms. The molecule has 8 heteroatoms. The summed E-state index contributed by atoms with van der Waals surface area (Å²) < 4.78 is 80.3. The summed E-state index contributed by atoms with van der Waals surface area (Å²) in [5.41, 5.74) is -0.0823. The van der Waals surface area contributed by atoms with Crippen molar-refractivity contribution in [1.29, 1.82) is 0 Å². The zero-order valence-corrected chi connectivity index (χ0v) is 11.9. The second-order valence-corrected chi connectivity index (χ2v) is 5.40. The van der Waals surface area contributed by atoms with E-state index < -0.39 is 30.0 Å². The Bertz CT molecular complexity index is 692. The van der Waals surface area contributed by atoms with E-state index in [2.05, 4.69) is 0 Å². The van der Waals surface area contributed by atoms with Gasteiger partial charge in [-0.2, -0.15) is 26.3 Å². The van der Waals surface area contributed by atoms with Crippen LogP contribution in [-0.2, 0) is 20.3 Å². The van der Waals surface area contributed by atoms with Crippen LogP contribution in [0.25, 0.3) is 11.6 Å². The van der Waals surface area contributed by atoms with Gasteiger partial charge < -0.3 is 0 Å². The summed E-state index contributed by atoms with van der Waals surface area (Å²) in [6.45, 7) is 2.62. The standard InChI is InChI=1S/C13H15F6N2/c1-6-5-8-10(7(2)9(6)12(14,15)16)21(4)11(20(8)3)13(17,18)19/h5-6,9H,1-4H3/q+1. The van der Waals surface area contributed by atoms with Crippen molar-refractivity contribution in [3.63, 3.8) is 0 Å². The van der Waals surface area contributed by atoms with Gasteiger partial charge in [0, 0.05) is 0 Å². The van der Waals surface area contributed by atoms with E-state index in [0.29, 0.717) is 0 Å². The molecule has 0 aromatic carbocycles. The number of alkyl halides is 6. The van der Waals surface area contributed by atoms with Gasteiger partial charge in [-0.3, -0.25) is 0 Å². The molecule has 0 radical (unpaired) electrons. The minimum absolute atomic E-state index is 0.00903. The largest absolute Gasteiger partial charge is 0.495 e. The zero-order chi connectivity index (χ0) is 16.3. The first-order chi connectivity index (χ1) is 9.37. The summed E-state index contributed by atoms with van der Waals surface area (Å²) >= 11 is 0. The van der Waals surface area contributed by atoms with Crippen molar-refractivity contribution < 1.29 is 30.9 Å². The average Bonchev–Trinajstić information content (AvgIpc) is 2.47. The van der Waals surface area contributed by atoms with Gasteiger partial charge in [-0.15, -0.1) is 0 Å². The number of hydrogen-bond acceptors (Lipinski definition) is 0. The van der Waals surface area contributed by atoms with E-state index in [1.165, 1.54) is 27.0 Å². The van der Waals surface area contributed by atoms with E-state index in [1.54, 1.807) is 0 Å². The third-order valence-electron chi connectivity index (χ3n) is 3.97. The van der Waals surface area contributed by atoms with Gasteiger partial charge in [0.15, 0.2) is 10.7 Å². The minimum Gasteiger partial charge on any atom is -0.222 e. The predicted molar refractivity (Wildman–Crippen MR) is 63.1 cm³/mol. The fraction of sp³-hybridized carbons (Fsp3) is 0.615. The highest BCUT2D eigenvalue weighted by Crippen LogP contribution is 2.39. The second-order valence-electron chi connectivity index (χ2n) is 5.40. The van der Waals surface area contributed by atoms with Gasteiger partial charge >= 0.3 is 18.2 Å². The Hall–Kier alpha value is -1.47. The topological polar surface area (TPSA) is 8.81 Å². The molecule has 21 heavy (non-hydrogen) atoms. The third kappa shape index (κ3) is 2.34. The summed E-state index contributed by atoms with van der Waals surface area (Å²) in [6, 6.07) is 0. The first kappa shape index (κ1) is 15.9. The van der Waals surface area contributed by atoms with Crippen LogP contribution in [0.3, 0.4) is 0 Å². The maximum Gasteiger partial charge on any atom is 0.495 e. The Morgan fingerprint density at radius 1 is 1.14 bits per heavy atom. The lowest BCUT2D eigenvalue weighted by atomic mass is 9.84. The van der Waals surface area contributed by atoms with Crippen molar-refractivity contribution in [3.05, 3.63) is 16.5 Å². The Morgan fingerprint density at radius 3 is 2.10 bits per heavy atom. The van der Waals surface area contributed by atoms with E-state index in [9.17, 15) is 26.3 Å². The Kier molecular flexibility index (Phi) is 3.42. The molecule has 118 valence electrons. The summed E-state index contributed by atoms with van der Waals surface area (Å²) in [6.07, 6.45) is -7.86. The highest BCUT2D eigenvalue weighted by molar-refractivity contribution is 5.51. The van der Waals surface area contributed by atoms with Gasteiger partial charge in [0.1, 0.15) is 0 Å². The predicted octanol–water partition coefficient (Wildman–Crippen LogP) is 1.65. The van der Waals surface area contributed by atoms with Gasteiger partial charge in [-0.25, -0.2) is 9.13 Å². The summed E-state index contributed by atoms with van der Waals surface area (Å²) in [7, 11) is 2.36. The molecule has 0 aliphatic heterocycles. The monoisotopic (exact) mass is 313 g/mol. The first-order valence-electron chi connectivity index (χ1n) is 6.28. The number of hydrogen-bond donors (Lipinski definition) is 0. The maximum absolute atomic E-state index is 13.1. The molecule has 1 aromatic heterocycles. The van der Waals surface area contributed by atoms with Crippen molar-refractivity contribution >= 4 is 11.6 Å². The van der Waals surface area contributed by atoms with Gasteiger partial charge in [-0.1, -0.05) is 6.92 Å². The van der Waals surface area contributed by atoms with Crippen molar-refractivity contribution in [3.8, 4) is 0 Å². The van der Waals surface area contributed by atoms with E-state index in [0.717, 1.165) is 16.2 Å². The molecule has 2 nitrogen and oxygen atoms in total. The van der Waals surface area contributed by atoms with E-state index >= 15 is 0 Å². The molecule has 2 atom stereocenters. The highest BCUT2D eigenvalue weighted by Gasteiger charge is 2.49. The molecule has 1 aromatic rings. The van der Waals surface area contributed by atoms with Crippen LogP contribution in [0.4, 0.5) is 26.3 Å². The fourth-order valence-corrected chi connectivity index (χ4v) is 3.24. The molecule has 0 spiro atoms. The number of rotatable bonds is 0. The molecular formula is C13H15F6N2+. The molecule has 1 heterocycles. The van der Waals surface area contributed by atoms with Crippen LogP contribution in [-0.4, -0.2) is 10.7 Å². The van der Waals surface area contributed by atoms with E-state index in [-0.39, 0.29) is 16.3 Å². The molecule has 0 amide bonds. The molecule has 2 unspecified atom stereocenters. The first-order valence-corrected chi connectivity index (χ1v) is 6.28. The van der Waals surface area contributed by atoms with Gasteiger partial charge in [0.2, 0.25) is 0 Å². The average molecular weight is 313 g/mol. The molecular weight excluding hydrogens is 298 g/mol. The highest BCUT2D eigenvalue weighted by atomic mass is 19.4. The van der Waals surface area contributed by atoms with Crippen LogP contribution in [0.1, 0.15) is 19.7 Å². The number of fused-ring (bicyclic) bond motifs is 1. The van der Waals surface area contributed by atoms with Gasteiger partial charge in [0.25, 0.3) is 0 Å². The summed E-state index contributed by atoms with van der Waals surface area (Å²) in [4.78, 5) is 0. The molecule has 0 saturated heterocycles. The van der Waals surface area contributed by atoms with Crippen LogP contribution in [0.2, 0.25) is 0 Å². The normalized spacial score (nSPS) is 23.0. The quantitative estimate of drug-likeness (QED) is 0.509. The SMILES string of the molecule is CC1=c2c(n(C)c(C(F)(F)F)[n+]2C)=CC(C)C1C(F)(F)F. The zero-order valence-electron chi connectivity index (χ0n) is 11.9. The van der Waals surface area contributed by atoms with Crippen molar-refractivity contribution in [1.82, 2.24) is 4.57 Å². The van der Waals surface area contributed by atoms with E-state index in [1.807, 2.05) is 0 Å². The van der Waals surface area contributed by atoms with Crippen LogP contribution >= 0.6 is 0 Å². The minimum atomic E-state index is -4.63. The maximum atomic E-state index is 13.1. The third-order valence-corrected chi connectivity index (χ3v) is 3.97. The van der Waals surface area contributed by atoms with Gasteiger partial charge in [-0.05, 0) is 24.5 Å². The summed E-state index contributed by atoms with van der Waals surface area (Å²) in [5.74, 6) is -3.65. The number of halogens is 6. The Labute approximate surface area is 117 Å². The number of nitrogens with zero attached hydrogens (tertiary/aromatic N) is 2. The van der Waals surface area contributed by atoms with Crippen molar-refractivity contribution in [2.75, 3.05) is 0 Å². The second kappa shape index (κ2) is 4.51. The smallest absolute Gasteiger partial charge is 0.222 e. The molecule has 2 rings (SSSR count). The van der Waals surface area contributed by atoms with E-state index in [4.69, 9.17) is 0 Å². The fourth-order valence-electron chi connectivity index (χ4n) is 3.24. The van der Waals surface area contributed by atoms with Crippen molar-refractivity contribution in [2.45, 2.75) is 26.2 Å². The lowest BCUT2D eigenvalue weighted by Gasteiger charge is -2.26. The summed E-state index contributed by atoms with van der Waals surface area (Å²) in [5, 5.41) is 0.167. The van der Waals surface area contributed by atoms with Crippen LogP contribution < -0.4 is 15.3 Å².